The number of nitrogens with one attached hydrogen (secondary N) is 1. The van der Waals surface area contributed by atoms with Crippen LogP contribution in [0.15, 0.2) is 0 Å². The summed E-state index contributed by atoms with van der Waals surface area (Å²) in [6.07, 6.45) is -8.35. The van der Waals surface area contributed by atoms with Crippen LogP contribution in [0.1, 0.15) is 25.7 Å². The normalized spacial score (nSPS) is 44.1. The third-order valence-electron chi connectivity index (χ3n) is 6.41. The number of aliphatic hydroxyl groups is 5. The Labute approximate surface area is 197 Å². The molecular formula is C20H38N4O10. The lowest BCUT2D eigenvalue weighted by Gasteiger charge is -2.38. The molecule has 14 heteroatoms. The number of hydrogen-bond acceptors (Lipinski definition) is 13. The zero-order valence-electron chi connectivity index (χ0n) is 18.9. The standard InChI is InChI=1S/C20H38N4O10/c21-2-1-11(26)18(30)24-9-3-8(22)4-10(5-9)32-20-16(29)17(13(6-25)33-20)34-19-14(23)15(28)12(27)7-31-19/h8-17,19-20,25-29H,1-7,21-23H2,(H,24,30)/t8-,9+,10-,11-,12+,13+,14+,15-,16+,17+,19+,20+/m0/s1. The largest absolute Gasteiger partial charge is 0.394 e. The van der Waals surface area contributed by atoms with E-state index >= 15 is 0 Å². The molecular weight excluding hydrogens is 456 g/mol. The van der Waals surface area contributed by atoms with Crippen LogP contribution in [0.5, 0.6) is 0 Å². The summed E-state index contributed by atoms with van der Waals surface area (Å²) in [6.45, 7) is -0.524. The summed E-state index contributed by atoms with van der Waals surface area (Å²) in [5.41, 5.74) is 17.4. The molecule has 3 rings (SSSR count). The van der Waals surface area contributed by atoms with E-state index in [1.807, 2.05) is 0 Å². The molecule has 198 valence electrons. The molecule has 1 aliphatic carbocycles. The Balaban J connectivity index is 1.57. The maximum absolute atomic E-state index is 12.1. The molecule has 1 amide bonds. The molecule has 3 aliphatic rings. The Morgan fingerprint density at radius 2 is 1.82 bits per heavy atom. The van der Waals surface area contributed by atoms with E-state index in [2.05, 4.69) is 5.32 Å². The van der Waals surface area contributed by atoms with Crippen LogP contribution in [0.3, 0.4) is 0 Å². The minimum absolute atomic E-state index is 0.140. The van der Waals surface area contributed by atoms with Gasteiger partial charge in [0, 0.05) is 12.1 Å². The first-order chi connectivity index (χ1) is 16.1. The number of amides is 1. The number of rotatable bonds is 9. The molecule has 2 saturated heterocycles. The molecule has 12 atom stereocenters. The van der Waals surface area contributed by atoms with Gasteiger partial charge in [-0.25, -0.2) is 0 Å². The van der Waals surface area contributed by atoms with Gasteiger partial charge in [-0.15, -0.1) is 0 Å². The lowest BCUT2D eigenvalue weighted by atomic mass is 9.89. The van der Waals surface area contributed by atoms with Gasteiger partial charge in [0.1, 0.15) is 36.6 Å². The third kappa shape index (κ3) is 6.60. The van der Waals surface area contributed by atoms with Gasteiger partial charge in [0.2, 0.25) is 5.91 Å². The second kappa shape index (κ2) is 12.3. The zero-order chi connectivity index (χ0) is 25.0. The van der Waals surface area contributed by atoms with E-state index in [1.165, 1.54) is 0 Å². The Kier molecular flexibility index (Phi) is 9.97. The smallest absolute Gasteiger partial charge is 0.249 e. The van der Waals surface area contributed by atoms with Crippen LogP contribution in [0.2, 0.25) is 0 Å². The van der Waals surface area contributed by atoms with E-state index in [0.29, 0.717) is 19.3 Å². The Bertz CT molecular complexity index is 663. The van der Waals surface area contributed by atoms with Crippen molar-refractivity contribution in [1.82, 2.24) is 5.32 Å². The molecule has 0 aromatic heterocycles. The summed E-state index contributed by atoms with van der Waals surface area (Å²) in [6, 6.07) is -1.73. The van der Waals surface area contributed by atoms with Gasteiger partial charge in [-0.1, -0.05) is 0 Å². The first kappa shape index (κ1) is 27.6. The fraction of sp³-hybridized carbons (Fsp3) is 0.950. The monoisotopic (exact) mass is 494 g/mol. The molecule has 3 fully saturated rings. The topological polar surface area (TPSA) is 245 Å². The molecule has 14 nitrogen and oxygen atoms in total. The van der Waals surface area contributed by atoms with Crippen molar-refractivity contribution in [1.29, 1.82) is 0 Å². The lowest BCUT2D eigenvalue weighted by Crippen LogP contribution is -2.59. The molecule has 0 radical (unpaired) electrons. The molecule has 0 unspecified atom stereocenters. The summed E-state index contributed by atoms with van der Waals surface area (Å²) in [7, 11) is 0. The summed E-state index contributed by atoms with van der Waals surface area (Å²) in [5.74, 6) is -0.537. The predicted octanol–water partition coefficient (Wildman–Crippen LogP) is -5.05. The highest BCUT2D eigenvalue weighted by atomic mass is 16.7. The highest BCUT2D eigenvalue weighted by Crippen LogP contribution is 2.31. The van der Waals surface area contributed by atoms with Crippen LogP contribution in [0.4, 0.5) is 0 Å². The lowest BCUT2D eigenvalue weighted by molar-refractivity contribution is -0.256. The van der Waals surface area contributed by atoms with E-state index in [-0.39, 0.29) is 31.7 Å². The summed E-state index contributed by atoms with van der Waals surface area (Å²) < 4.78 is 22.6. The molecule has 34 heavy (non-hydrogen) atoms. The molecule has 0 spiro atoms. The highest BCUT2D eigenvalue weighted by Gasteiger charge is 2.49. The minimum atomic E-state index is -1.32. The molecule has 2 heterocycles. The number of ether oxygens (including phenoxy) is 4. The molecule has 0 bridgehead atoms. The first-order valence-corrected chi connectivity index (χ1v) is 11.6. The van der Waals surface area contributed by atoms with Crippen molar-refractivity contribution in [3.63, 3.8) is 0 Å². The van der Waals surface area contributed by atoms with Gasteiger partial charge in [-0.05, 0) is 32.2 Å². The van der Waals surface area contributed by atoms with Crippen LogP contribution in [0, 0.1) is 0 Å². The van der Waals surface area contributed by atoms with Crippen molar-refractivity contribution in [2.45, 2.75) is 99.1 Å². The number of aliphatic hydroxyl groups excluding tert-OH is 5. The van der Waals surface area contributed by atoms with Crippen molar-refractivity contribution >= 4 is 5.91 Å². The van der Waals surface area contributed by atoms with Crippen LogP contribution >= 0.6 is 0 Å². The average molecular weight is 495 g/mol. The van der Waals surface area contributed by atoms with E-state index in [0.717, 1.165) is 0 Å². The molecule has 1 saturated carbocycles. The SMILES string of the molecule is NCC[C@H](O)C(=O)N[C@@H]1C[C@H](N)C[C@H](O[C@@H]2O[C@H](CO)[C@@H](O[C@H]3OC[C@@H](O)[C@H](O)[C@H]3N)[C@H]2O)C1. The number of carbonyl (C=O) groups is 1. The molecule has 0 aromatic rings. The van der Waals surface area contributed by atoms with Gasteiger partial charge in [0.25, 0.3) is 0 Å². The quantitative estimate of drug-likeness (QED) is 0.146. The summed E-state index contributed by atoms with van der Waals surface area (Å²) in [5, 5.41) is 52.7. The van der Waals surface area contributed by atoms with Gasteiger partial charge in [0.05, 0.1) is 25.4 Å². The number of hydrogen-bond donors (Lipinski definition) is 9. The summed E-state index contributed by atoms with van der Waals surface area (Å²) >= 11 is 0. The van der Waals surface area contributed by atoms with Crippen molar-refractivity contribution in [3.8, 4) is 0 Å². The van der Waals surface area contributed by atoms with Gasteiger partial charge >= 0.3 is 0 Å². The Morgan fingerprint density at radius 1 is 1.09 bits per heavy atom. The average Bonchev–Trinajstić information content (AvgIpc) is 3.08. The maximum Gasteiger partial charge on any atom is 0.249 e. The first-order valence-electron chi connectivity index (χ1n) is 11.6. The highest BCUT2D eigenvalue weighted by molar-refractivity contribution is 5.80. The number of nitrogens with two attached hydrogens (primary N) is 3. The molecule has 12 N–H and O–H groups in total. The second-order valence-corrected chi connectivity index (χ2v) is 9.18. The van der Waals surface area contributed by atoms with E-state index in [9.17, 15) is 30.3 Å². The maximum atomic E-state index is 12.1. The zero-order valence-corrected chi connectivity index (χ0v) is 18.9. The fourth-order valence-corrected chi connectivity index (χ4v) is 4.55. The predicted molar refractivity (Wildman–Crippen MR) is 115 cm³/mol. The van der Waals surface area contributed by atoms with Crippen molar-refractivity contribution in [2.75, 3.05) is 19.8 Å². The van der Waals surface area contributed by atoms with Gasteiger partial charge in [-0.3, -0.25) is 4.79 Å². The summed E-state index contributed by atoms with van der Waals surface area (Å²) in [4.78, 5) is 12.1. The fourth-order valence-electron chi connectivity index (χ4n) is 4.55. The van der Waals surface area contributed by atoms with Crippen molar-refractivity contribution in [3.05, 3.63) is 0 Å². The molecule has 2 aliphatic heterocycles. The van der Waals surface area contributed by atoms with Gasteiger partial charge < -0.3 is 67.0 Å². The third-order valence-corrected chi connectivity index (χ3v) is 6.41. The van der Waals surface area contributed by atoms with E-state index < -0.39 is 73.9 Å². The number of carbonyl (C=O) groups excluding carboxylic acids is 1. The van der Waals surface area contributed by atoms with Crippen molar-refractivity contribution in [2.24, 2.45) is 17.2 Å². The van der Waals surface area contributed by atoms with Gasteiger partial charge in [0.15, 0.2) is 12.6 Å². The minimum Gasteiger partial charge on any atom is -0.394 e. The Hall–Kier alpha value is -1.01. The molecule has 0 aromatic carbocycles. The van der Waals surface area contributed by atoms with Crippen LogP contribution in [-0.2, 0) is 23.7 Å². The van der Waals surface area contributed by atoms with Crippen molar-refractivity contribution < 1.29 is 49.3 Å². The van der Waals surface area contributed by atoms with Crippen LogP contribution in [0.25, 0.3) is 0 Å². The van der Waals surface area contributed by atoms with Crippen LogP contribution < -0.4 is 22.5 Å². The van der Waals surface area contributed by atoms with Gasteiger partial charge in [-0.2, -0.15) is 0 Å². The second-order valence-electron chi connectivity index (χ2n) is 9.18. The van der Waals surface area contributed by atoms with Crippen LogP contribution in [-0.4, -0.2) is 125 Å². The Morgan fingerprint density at radius 3 is 2.50 bits per heavy atom. The van der Waals surface area contributed by atoms with E-state index in [4.69, 9.17) is 36.1 Å². The van der Waals surface area contributed by atoms with E-state index in [1.54, 1.807) is 0 Å².